The summed E-state index contributed by atoms with van der Waals surface area (Å²) in [6.07, 6.45) is 1.87. The van der Waals surface area contributed by atoms with Crippen molar-refractivity contribution in [2.24, 2.45) is 7.05 Å². The lowest BCUT2D eigenvalue weighted by molar-refractivity contribution is 0.0600. The molecular weight excluding hydrogens is 334 g/mol. The van der Waals surface area contributed by atoms with Crippen LogP contribution in [0, 0.1) is 0 Å². The first-order valence-electron chi connectivity index (χ1n) is 8.50. The van der Waals surface area contributed by atoms with Crippen molar-refractivity contribution in [1.82, 2.24) is 14.5 Å². The quantitative estimate of drug-likeness (QED) is 0.685. The van der Waals surface area contributed by atoms with Crippen molar-refractivity contribution in [3.63, 3.8) is 0 Å². The molecule has 1 atom stereocenters. The summed E-state index contributed by atoms with van der Waals surface area (Å²) in [4.78, 5) is 19.9. The van der Waals surface area contributed by atoms with Crippen LogP contribution in [0.5, 0.6) is 0 Å². The summed E-state index contributed by atoms with van der Waals surface area (Å²) >= 11 is 6.12. The third kappa shape index (κ3) is 2.52. The number of imidazole rings is 1. The van der Waals surface area contributed by atoms with E-state index in [1.165, 1.54) is 0 Å². The van der Waals surface area contributed by atoms with E-state index in [0.717, 1.165) is 41.8 Å². The van der Waals surface area contributed by atoms with Crippen LogP contribution in [0.15, 0.2) is 48.5 Å². The second kappa shape index (κ2) is 5.88. The topological polar surface area (TPSA) is 38.1 Å². The van der Waals surface area contributed by atoms with Gasteiger partial charge in [0.1, 0.15) is 5.82 Å². The van der Waals surface area contributed by atoms with Gasteiger partial charge >= 0.3 is 0 Å². The van der Waals surface area contributed by atoms with Crippen LogP contribution in [0.1, 0.15) is 35.9 Å². The Hall–Kier alpha value is -2.33. The number of halogens is 1. The van der Waals surface area contributed by atoms with Gasteiger partial charge in [-0.15, -0.1) is 0 Å². The Morgan fingerprint density at radius 2 is 1.96 bits per heavy atom. The van der Waals surface area contributed by atoms with E-state index in [0.29, 0.717) is 5.02 Å². The molecule has 0 bridgehead atoms. The minimum absolute atomic E-state index is 0.0608. The number of fused-ring (bicyclic) bond motifs is 1. The van der Waals surface area contributed by atoms with Gasteiger partial charge < -0.3 is 9.47 Å². The molecule has 1 aliphatic heterocycles. The van der Waals surface area contributed by atoms with Crippen molar-refractivity contribution in [2.75, 3.05) is 6.54 Å². The van der Waals surface area contributed by atoms with Crippen molar-refractivity contribution >= 4 is 28.5 Å². The fourth-order valence-corrected chi connectivity index (χ4v) is 4.08. The molecule has 1 saturated heterocycles. The van der Waals surface area contributed by atoms with Crippen LogP contribution in [0.25, 0.3) is 11.0 Å². The zero-order chi connectivity index (χ0) is 17.6. The lowest BCUT2D eigenvalue weighted by Gasteiger charge is -2.34. The Balaban J connectivity index is 1.80. The molecule has 0 spiro atoms. The van der Waals surface area contributed by atoms with Gasteiger partial charge in [0.2, 0.25) is 0 Å². The number of carbonyl (C=O) groups excluding carboxylic acids is 1. The summed E-state index contributed by atoms with van der Waals surface area (Å²) < 4.78 is 2.09. The van der Waals surface area contributed by atoms with Crippen molar-refractivity contribution in [1.29, 1.82) is 0 Å². The first-order valence-corrected chi connectivity index (χ1v) is 8.88. The highest BCUT2D eigenvalue weighted by Crippen LogP contribution is 2.40. The van der Waals surface area contributed by atoms with Crippen molar-refractivity contribution < 1.29 is 4.79 Å². The van der Waals surface area contributed by atoms with Crippen LogP contribution < -0.4 is 0 Å². The summed E-state index contributed by atoms with van der Waals surface area (Å²) in [6, 6.07) is 15.2. The maximum Gasteiger partial charge on any atom is 0.254 e. The van der Waals surface area contributed by atoms with Crippen LogP contribution >= 0.6 is 11.6 Å². The summed E-state index contributed by atoms with van der Waals surface area (Å²) in [5.74, 6) is 0.970. The molecule has 3 aromatic rings. The molecule has 0 N–H and O–H groups in total. The molecule has 2 aromatic carbocycles. The van der Waals surface area contributed by atoms with Crippen LogP contribution in [0.3, 0.4) is 0 Å². The minimum Gasteiger partial charge on any atom is -0.329 e. The summed E-state index contributed by atoms with van der Waals surface area (Å²) in [5, 5.41) is 0.672. The lowest BCUT2D eigenvalue weighted by Crippen LogP contribution is -2.44. The monoisotopic (exact) mass is 353 g/mol. The fraction of sp³-hybridized carbons (Fsp3) is 0.300. The van der Waals surface area contributed by atoms with Crippen LogP contribution in [-0.4, -0.2) is 26.9 Å². The zero-order valence-corrected chi connectivity index (χ0v) is 15.1. The highest BCUT2D eigenvalue weighted by molar-refractivity contribution is 6.31. The second-order valence-electron chi connectivity index (χ2n) is 6.83. The Labute approximate surface area is 152 Å². The van der Waals surface area contributed by atoms with E-state index in [9.17, 15) is 4.79 Å². The van der Waals surface area contributed by atoms with Gasteiger partial charge in [0, 0.05) is 24.2 Å². The molecule has 1 aromatic heterocycles. The predicted molar refractivity (Wildman–Crippen MR) is 99.8 cm³/mol. The van der Waals surface area contributed by atoms with Crippen molar-refractivity contribution in [3.05, 3.63) is 64.9 Å². The fourth-order valence-electron chi connectivity index (χ4n) is 3.91. The predicted octanol–water partition coefficient (Wildman–Crippen LogP) is 4.38. The summed E-state index contributed by atoms with van der Waals surface area (Å²) in [6.45, 7) is 2.86. The van der Waals surface area contributed by atoms with Gasteiger partial charge in [-0.05, 0) is 50.1 Å². The average molecular weight is 354 g/mol. The van der Waals surface area contributed by atoms with Gasteiger partial charge in [-0.1, -0.05) is 29.8 Å². The number of amides is 1. The highest BCUT2D eigenvalue weighted by atomic mass is 35.5. The third-order valence-electron chi connectivity index (χ3n) is 5.23. The van der Waals surface area contributed by atoms with Gasteiger partial charge in [-0.3, -0.25) is 4.79 Å². The molecule has 1 fully saturated rings. The molecule has 0 aliphatic carbocycles. The van der Waals surface area contributed by atoms with E-state index in [1.807, 2.05) is 60.5 Å². The van der Waals surface area contributed by atoms with E-state index in [-0.39, 0.29) is 5.91 Å². The molecule has 1 aliphatic rings. The number of benzene rings is 2. The second-order valence-corrected chi connectivity index (χ2v) is 7.26. The van der Waals surface area contributed by atoms with E-state index < -0.39 is 5.54 Å². The number of carbonyl (C=O) groups is 1. The highest BCUT2D eigenvalue weighted by Gasteiger charge is 2.44. The standard InChI is InChI=1S/C20H20ClN3O/c1-20(19-22-16-13-15(21)9-10-17(16)23(19)2)11-6-12-24(20)18(25)14-7-4-3-5-8-14/h3-5,7-10,13H,6,11-12H2,1-2H3. The Morgan fingerprint density at radius 3 is 2.72 bits per heavy atom. The van der Waals surface area contributed by atoms with E-state index in [1.54, 1.807) is 0 Å². The van der Waals surface area contributed by atoms with E-state index in [4.69, 9.17) is 16.6 Å². The lowest BCUT2D eigenvalue weighted by atomic mass is 9.97. The van der Waals surface area contributed by atoms with Gasteiger partial charge in [0.25, 0.3) is 5.91 Å². The van der Waals surface area contributed by atoms with Crippen LogP contribution in [0.2, 0.25) is 5.02 Å². The van der Waals surface area contributed by atoms with Gasteiger partial charge in [-0.25, -0.2) is 4.98 Å². The minimum atomic E-state index is -0.423. The maximum atomic E-state index is 13.1. The van der Waals surface area contributed by atoms with Gasteiger partial charge in [0.05, 0.1) is 16.6 Å². The molecule has 25 heavy (non-hydrogen) atoms. The molecule has 128 valence electrons. The molecule has 0 saturated carbocycles. The molecule has 1 amide bonds. The molecule has 4 rings (SSSR count). The average Bonchev–Trinajstić information content (AvgIpc) is 3.16. The van der Waals surface area contributed by atoms with E-state index in [2.05, 4.69) is 11.5 Å². The van der Waals surface area contributed by atoms with Gasteiger partial charge in [-0.2, -0.15) is 0 Å². The third-order valence-corrected chi connectivity index (χ3v) is 5.47. The van der Waals surface area contributed by atoms with Crippen molar-refractivity contribution in [2.45, 2.75) is 25.3 Å². The molecule has 4 nitrogen and oxygen atoms in total. The number of nitrogens with zero attached hydrogens (tertiary/aromatic N) is 3. The number of likely N-dealkylation sites (tertiary alicyclic amines) is 1. The number of hydrogen-bond acceptors (Lipinski definition) is 2. The molecule has 2 heterocycles. The Kier molecular flexibility index (Phi) is 3.80. The first-order chi connectivity index (χ1) is 12.0. The molecule has 5 heteroatoms. The largest absolute Gasteiger partial charge is 0.329 e. The first kappa shape index (κ1) is 16.2. The van der Waals surface area contributed by atoms with Crippen LogP contribution in [-0.2, 0) is 12.6 Å². The molecule has 0 radical (unpaired) electrons. The van der Waals surface area contributed by atoms with E-state index >= 15 is 0 Å². The van der Waals surface area contributed by atoms with Crippen molar-refractivity contribution in [3.8, 4) is 0 Å². The summed E-state index contributed by atoms with van der Waals surface area (Å²) in [7, 11) is 2.01. The summed E-state index contributed by atoms with van der Waals surface area (Å²) in [5.41, 5.74) is 2.19. The number of rotatable bonds is 2. The number of aromatic nitrogens is 2. The van der Waals surface area contributed by atoms with Gasteiger partial charge in [0.15, 0.2) is 0 Å². The number of aryl methyl sites for hydroxylation is 1. The smallest absolute Gasteiger partial charge is 0.254 e. The Morgan fingerprint density at radius 1 is 1.20 bits per heavy atom. The van der Waals surface area contributed by atoms with Crippen LogP contribution in [0.4, 0.5) is 0 Å². The normalized spacial score (nSPS) is 20.4. The molecule has 1 unspecified atom stereocenters. The Bertz CT molecular complexity index is 950. The molecular formula is C20H20ClN3O. The maximum absolute atomic E-state index is 13.1. The zero-order valence-electron chi connectivity index (χ0n) is 14.4. The SMILES string of the molecule is Cn1c(C2(C)CCCN2C(=O)c2ccccc2)nc2cc(Cl)ccc21. The number of hydrogen-bond donors (Lipinski definition) is 0.